The Morgan fingerprint density at radius 1 is 1.37 bits per heavy atom. The molecule has 0 aromatic carbocycles. The molecule has 1 aliphatic rings. The van der Waals surface area contributed by atoms with Gasteiger partial charge in [0, 0.05) is 19.7 Å². The third kappa shape index (κ3) is 3.00. The van der Waals surface area contributed by atoms with E-state index in [1.807, 2.05) is 27.0 Å². The second kappa shape index (κ2) is 5.78. The molecule has 1 saturated carbocycles. The van der Waals surface area contributed by atoms with Crippen LogP contribution in [0.5, 0.6) is 0 Å². The summed E-state index contributed by atoms with van der Waals surface area (Å²) in [6.07, 6.45) is 3.92. The van der Waals surface area contributed by atoms with Crippen LogP contribution in [0.15, 0.2) is 10.5 Å². The van der Waals surface area contributed by atoms with Gasteiger partial charge in [0.1, 0.15) is 5.76 Å². The lowest BCUT2D eigenvalue weighted by atomic mass is 9.86. The highest BCUT2D eigenvalue weighted by Crippen LogP contribution is 2.27. The van der Waals surface area contributed by atoms with Gasteiger partial charge in [-0.25, -0.2) is 0 Å². The molecule has 0 aliphatic heterocycles. The van der Waals surface area contributed by atoms with E-state index in [0.29, 0.717) is 11.7 Å². The average Bonchev–Trinajstić information content (AvgIpc) is 2.77. The molecular weight excluding hydrogens is 242 g/mol. The molecule has 4 heteroatoms. The van der Waals surface area contributed by atoms with Gasteiger partial charge in [-0.05, 0) is 57.1 Å². The standard InChI is InChI=1S/C15H23NO3/c1-10-8-14(19-11(10)2)15(18)16(3)13-6-4-12(9-17)5-7-13/h8,12-13,17H,4-7,9H2,1-3H3. The molecule has 0 unspecified atom stereocenters. The van der Waals surface area contributed by atoms with Crippen molar-refractivity contribution in [2.75, 3.05) is 13.7 Å². The molecule has 1 fully saturated rings. The minimum Gasteiger partial charge on any atom is -0.456 e. The fourth-order valence-corrected chi connectivity index (χ4v) is 2.73. The fraction of sp³-hybridized carbons (Fsp3) is 0.667. The van der Waals surface area contributed by atoms with Gasteiger partial charge in [-0.15, -0.1) is 0 Å². The molecule has 1 aromatic rings. The van der Waals surface area contributed by atoms with Gasteiger partial charge in [0.2, 0.25) is 0 Å². The molecule has 0 spiro atoms. The maximum absolute atomic E-state index is 12.3. The molecule has 1 N–H and O–H groups in total. The summed E-state index contributed by atoms with van der Waals surface area (Å²) in [5.41, 5.74) is 1.01. The quantitative estimate of drug-likeness (QED) is 0.913. The molecule has 0 bridgehead atoms. The van der Waals surface area contributed by atoms with Gasteiger partial charge in [0.05, 0.1) is 0 Å². The van der Waals surface area contributed by atoms with Crippen LogP contribution in [0, 0.1) is 19.8 Å². The molecule has 0 saturated heterocycles. The van der Waals surface area contributed by atoms with Crippen molar-refractivity contribution >= 4 is 5.91 Å². The van der Waals surface area contributed by atoms with Crippen LogP contribution in [0.4, 0.5) is 0 Å². The molecule has 19 heavy (non-hydrogen) atoms. The highest BCUT2D eigenvalue weighted by molar-refractivity contribution is 5.91. The molecule has 2 rings (SSSR count). The van der Waals surface area contributed by atoms with E-state index >= 15 is 0 Å². The Kier molecular flexibility index (Phi) is 4.30. The monoisotopic (exact) mass is 265 g/mol. The Bertz CT molecular complexity index is 425. The van der Waals surface area contributed by atoms with Gasteiger partial charge in [0.25, 0.3) is 5.91 Å². The number of nitrogens with zero attached hydrogens (tertiary/aromatic N) is 1. The van der Waals surface area contributed by atoms with Crippen molar-refractivity contribution in [1.82, 2.24) is 4.90 Å². The molecule has 0 atom stereocenters. The van der Waals surface area contributed by atoms with Crippen molar-refractivity contribution in [3.8, 4) is 0 Å². The Labute approximate surface area is 114 Å². The van der Waals surface area contributed by atoms with Gasteiger partial charge in [0.15, 0.2) is 5.76 Å². The fourth-order valence-electron chi connectivity index (χ4n) is 2.73. The van der Waals surface area contributed by atoms with Gasteiger partial charge in [-0.2, -0.15) is 0 Å². The summed E-state index contributed by atoms with van der Waals surface area (Å²) in [7, 11) is 1.85. The van der Waals surface area contributed by atoms with Crippen LogP contribution in [-0.4, -0.2) is 35.6 Å². The van der Waals surface area contributed by atoms with E-state index in [2.05, 4.69) is 0 Å². The summed E-state index contributed by atoms with van der Waals surface area (Å²) in [4.78, 5) is 14.1. The van der Waals surface area contributed by atoms with Crippen molar-refractivity contribution in [3.63, 3.8) is 0 Å². The lowest BCUT2D eigenvalue weighted by molar-refractivity contribution is 0.0621. The van der Waals surface area contributed by atoms with Crippen LogP contribution < -0.4 is 0 Å². The maximum Gasteiger partial charge on any atom is 0.289 e. The number of hydrogen-bond donors (Lipinski definition) is 1. The predicted octanol–water partition coefficient (Wildman–Crippen LogP) is 2.52. The molecular formula is C15H23NO3. The summed E-state index contributed by atoms with van der Waals surface area (Å²) in [5.74, 6) is 1.61. The van der Waals surface area contributed by atoms with E-state index in [0.717, 1.165) is 37.0 Å². The van der Waals surface area contributed by atoms with Gasteiger partial charge in [-0.1, -0.05) is 0 Å². The number of aryl methyl sites for hydroxylation is 2. The third-order valence-corrected chi connectivity index (χ3v) is 4.32. The normalized spacial score (nSPS) is 23.4. The van der Waals surface area contributed by atoms with E-state index in [1.165, 1.54) is 0 Å². The number of carbonyl (C=O) groups excluding carboxylic acids is 1. The second-order valence-corrected chi connectivity index (χ2v) is 5.62. The summed E-state index contributed by atoms with van der Waals surface area (Å²) < 4.78 is 5.50. The van der Waals surface area contributed by atoms with Crippen LogP contribution in [0.25, 0.3) is 0 Å². The van der Waals surface area contributed by atoms with Crippen LogP contribution in [0.1, 0.15) is 47.6 Å². The molecule has 4 nitrogen and oxygen atoms in total. The largest absolute Gasteiger partial charge is 0.456 e. The SMILES string of the molecule is Cc1cc(C(=O)N(C)C2CCC(CO)CC2)oc1C. The number of aliphatic hydroxyl groups is 1. The summed E-state index contributed by atoms with van der Waals surface area (Å²) in [6, 6.07) is 2.08. The highest BCUT2D eigenvalue weighted by Gasteiger charge is 2.28. The Morgan fingerprint density at radius 3 is 2.47 bits per heavy atom. The first-order valence-corrected chi connectivity index (χ1v) is 6.98. The summed E-state index contributed by atoms with van der Waals surface area (Å²) >= 11 is 0. The smallest absolute Gasteiger partial charge is 0.289 e. The predicted molar refractivity (Wildman–Crippen MR) is 73.1 cm³/mol. The molecule has 1 aliphatic carbocycles. The topological polar surface area (TPSA) is 53.7 Å². The molecule has 0 radical (unpaired) electrons. The Hall–Kier alpha value is -1.29. The van der Waals surface area contributed by atoms with Crippen molar-refractivity contribution in [1.29, 1.82) is 0 Å². The summed E-state index contributed by atoms with van der Waals surface area (Å²) in [6.45, 7) is 4.08. The lowest BCUT2D eigenvalue weighted by Crippen LogP contribution is -2.39. The molecule has 1 aromatic heterocycles. The van der Waals surface area contributed by atoms with Crippen molar-refractivity contribution in [3.05, 3.63) is 23.2 Å². The zero-order valence-corrected chi connectivity index (χ0v) is 12.0. The van der Waals surface area contributed by atoms with Crippen LogP contribution in [-0.2, 0) is 0 Å². The number of aliphatic hydroxyl groups excluding tert-OH is 1. The van der Waals surface area contributed by atoms with Crippen LogP contribution in [0.2, 0.25) is 0 Å². The molecule has 106 valence electrons. The number of amides is 1. The van der Waals surface area contributed by atoms with Crippen LogP contribution in [0.3, 0.4) is 0 Å². The van der Waals surface area contributed by atoms with Gasteiger partial charge in [-0.3, -0.25) is 4.79 Å². The highest BCUT2D eigenvalue weighted by atomic mass is 16.4. The maximum atomic E-state index is 12.3. The van der Waals surface area contributed by atoms with E-state index in [9.17, 15) is 4.79 Å². The van der Waals surface area contributed by atoms with E-state index in [1.54, 1.807) is 4.90 Å². The minimum absolute atomic E-state index is 0.0383. The number of furan rings is 1. The summed E-state index contributed by atoms with van der Waals surface area (Å²) in [5, 5.41) is 9.14. The lowest BCUT2D eigenvalue weighted by Gasteiger charge is -2.33. The van der Waals surface area contributed by atoms with Gasteiger partial charge >= 0.3 is 0 Å². The Morgan fingerprint density at radius 2 is 2.00 bits per heavy atom. The van der Waals surface area contributed by atoms with Crippen molar-refractivity contribution in [2.45, 2.75) is 45.6 Å². The van der Waals surface area contributed by atoms with Crippen molar-refractivity contribution in [2.24, 2.45) is 5.92 Å². The first kappa shape index (κ1) is 14.1. The first-order chi connectivity index (χ1) is 9.02. The minimum atomic E-state index is -0.0383. The number of carbonyl (C=O) groups is 1. The van der Waals surface area contributed by atoms with E-state index < -0.39 is 0 Å². The van der Waals surface area contributed by atoms with E-state index in [4.69, 9.17) is 9.52 Å². The number of hydrogen-bond acceptors (Lipinski definition) is 3. The number of rotatable bonds is 3. The Balaban J connectivity index is 2.00. The zero-order valence-electron chi connectivity index (χ0n) is 12.0. The van der Waals surface area contributed by atoms with E-state index in [-0.39, 0.29) is 18.6 Å². The van der Waals surface area contributed by atoms with Crippen molar-refractivity contribution < 1.29 is 14.3 Å². The first-order valence-electron chi connectivity index (χ1n) is 6.98. The van der Waals surface area contributed by atoms with Crippen LogP contribution >= 0.6 is 0 Å². The molecule has 1 heterocycles. The molecule has 1 amide bonds. The second-order valence-electron chi connectivity index (χ2n) is 5.62. The van der Waals surface area contributed by atoms with Gasteiger partial charge < -0.3 is 14.4 Å². The third-order valence-electron chi connectivity index (χ3n) is 4.32. The zero-order chi connectivity index (χ0) is 14.0. The average molecular weight is 265 g/mol.